The summed E-state index contributed by atoms with van der Waals surface area (Å²) in [5.74, 6) is 0. The maximum atomic E-state index is 5.54. The minimum Gasteiger partial charge on any atom is -0.0971 e. The fourth-order valence-electron chi connectivity index (χ4n) is 5.45. The fourth-order valence-corrected chi connectivity index (χ4v) is 10.3. The Morgan fingerprint density at radius 1 is 0.538 bits per heavy atom. The molecule has 146 valence electrons. The number of hydrogen-bond donors (Lipinski definition) is 0. The summed E-state index contributed by atoms with van der Waals surface area (Å²) in [6.07, 6.45) is 23.6. The highest BCUT2D eigenvalue weighted by atomic mass is 35.5. The van der Waals surface area contributed by atoms with Gasteiger partial charge in [-0.3, -0.25) is 0 Å². The van der Waals surface area contributed by atoms with Crippen molar-refractivity contribution in [2.45, 2.75) is 113 Å². The highest BCUT2D eigenvalue weighted by Crippen LogP contribution is 2.61. The summed E-state index contributed by atoms with van der Waals surface area (Å²) in [6, 6.07) is 9.44. The molecule has 0 amide bonds. The lowest BCUT2D eigenvalue weighted by atomic mass is 9.99. The summed E-state index contributed by atoms with van der Waals surface area (Å²) >= 11 is 5.54. The van der Waals surface area contributed by atoms with Crippen LogP contribution in [0.3, 0.4) is 0 Å². The summed E-state index contributed by atoms with van der Waals surface area (Å²) in [7, 11) is 0.385. The van der Waals surface area contributed by atoms with E-state index in [0.717, 1.165) is 5.02 Å². The first-order valence-corrected chi connectivity index (χ1v) is 13.3. The van der Waals surface area contributed by atoms with Crippen LogP contribution < -0.4 is 0 Å². The molecule has 1 aromatic rings. The van der Waals surface area contributed by atoms with Gasteiger partial charge in [0.05, 0.1) is 0 Å². The van der Waals surface area contributed by atoms with E-state index in [-0.39, 0.29) is 0 Å². The molecule has 26 heavy (non-hydrogen) atoms. The zero-order valence-electron chi connectivity index (χ0n) is 16.6. The van der Waals surface area contributed by atoms with Crippen LogP contribution >= 0.6 is 19.5 Å². The molecule has 4 rings (SSSR count). The second kappa shape index (κ2) is 11.7. The van der Waals surface area contributed by atoms with E-state index >= 15 is 0 Å². The first-order valence-electron chi connectivity index (χ1n) is 11.3. The number of benzene rings is 1. The molecular weight excluding hydrogens is 355 g/mol. The molecule has 3 aliphatic rings. The second-order valence-corrected chi connectivity index (χ2v) is 12.1. The van der Waals surface area contributed by atoms with Gasteiger partial charge in [0.25, 0.3) is 0 Å². The van der Waals surface area contributed by atoms with E-state index in [1.54, 1.807) is 77.0 Å². The zero-order chi connectivity index (χ0) is 18.0. The molecule has 0 aliphatic heterocycles. The van der Waals surface area contributed by atoms with Crippen LogP contribution in [0.1, 0.15) is 96.3 Å². The van der Waals surface area contributed by atoms with E-state index in [9.17, 15) is 0 Å². The van der Waals surface area contributed by atoms with Crippen LogP contribution in [0, 0.1) is 0 Å². The number of rotatable bonds is 3. The number of hydrogen-bond acceptors (Lipinski definition) is 0. The van der Waals surface area contributed by atoms with Crippen molar-refractivity contribution in [3.63, 3.8) is 0 Å². The van der Waals surface area contributed by atoms with Crippen molar-refractivity contribution < 1.29 is 0 Å². The van der Waals surface area contributed by atoms with Gasteiger partial charge in [0.2, 0.25) is 0 Å². The first kappa shape index (κ1) is 20.7. The van der Waals surface area contributed by atoms with Crippen molar-refractivity contribution >= 4 is 19.5 Å². The molecule has 3 saturated carbocycles. The fraction of sp³-hybridized carbons (Fsp3) is 0.750. The predicted octanol–water partition coefficient (Wildman–Crippen LogP) is 8.81. The molecule has 0 spiro atoms. The Kier molecular flexibility index (Phi) is 9.31. The van der Waals surface area contributed by atoms with E-state index in [1.807, 2.05) is 30.3 Å². The molecule has 2 heteroatoms. The van der Waals surface area contributed by atoms with Gasteiger partial charge < -0.3 is 0 Å². The van der Waals surface area contributed by atoms with Crippen LogP contribution in [-0.2, 0) is 0 Å². The van der Waals surface area contributed by atoms with Gasteiger partial charge in [-0.25, -0.2) is 0 Å². The van der Waals surface area contributed by atoms with Crippen LogP contribution in [0.4, 0.5) is 0 Å². The largest absolute Gasteiger partial charge is 0.0971 e. The third-order valence-electron chi connectivity index (χ3n) is 6.72. The van der Waals surface area contributed by atoms with Gasteiger partial charge in [0, 0.05) is 5.02 Å². The van der Waals surface area contributed by atoms with E-state index in [1.165, 1.54) is 36.2 Å². The Bertz CT molecular complexity index is 427. The van der Waals surface area contributed by atoms with Gasteiger partial charge >= 0.3 is 0 Å². The lowest BCUT2D eigenvalue weighted by molar-refractivity contribution is 0.460. The van der Waals surface area contributed by atoms with Crippen LogP contribution in [0.5, 0.6) is 0 Å². The molecule has 0 saturated heterocycles. The van der Waals surface area contributed by atoms with Crippen LogP contribution in [-0.4, -0.2) is 17.0 Å². The summed E-state index contributed by atoms with van der Waals surface area (Å²) in [6.45, 7) is 0. The summed E-state index contributed by atoms with van der Waals surface area (Å²) in [5, 5.41) is 0.794. The van der Waals surface area contributed by atoms with Gasteiger partial charge in [-0.05, 0) is 67.6 Å². The highest BCUT2D eigenvalue weighted by Gasteiger charge is 2.36. The zero-order valence-corrected chi connectivity index (χ0v) is 18.2. The first-order chi connectivity index (χ1) is 12.8. The van der Waals surface area contributed by atoms with E-state index in [0.29, 0.717) is 7.92 Å². The highest BCUT2D eigenvalue weighted by molar-refractivity contribution is 7.60. The maximum Gasteiger partial charge on any atom is 0.0405 e. The van der Waals surface area contributed by atoms with Gasteiger partial charge in [0.15, 0.2) is 0 Å². The lowest BCUT2D eigenvalue weighted by Crippen LogP contribution is -2.28. The van der Waals surface area contributed by atoms with Crippen molar-refractivity contribution in [3.8, 4) is 0 Å². The Morgan fingerprint density at radius 3 is 1.15 bits per heavy atom. The molecular formula is C24H38ClP. The molecule has 0 atom stereocenters. The van der Waals surface area contributed by atoms with E-state index < -0.39 is 0 Å². The normalized spacial score (nSPS) is 23.5. The van der Waals surface area contributed by atoms with Gasteiger partial charge in [-0.2, -0.15) is 0 Å². The maximum absolute atomic E-state index is 5.54. The monoisotopic (exact) mass is 392 g/mol. The van der Waals surface area contributed by atoms with Gasteiger partial charge in [-0.15, -0.1) is 0 Å². The van der Waals surface area contributed by atoms with Crippen LogP contribution in [0.2, 0.25) is 5.02 Å². The summed E-state index contributed by atoms with van der Waals surface area (Å²) < 4.78 is 0. The molecule has 0 unspecified atom stereocenters. The molecule has 1 aromatic carbocycles. The molecule has 0 radical (unpaired) electrons. The van der Waals surface area contributed by atoms with E-state index in [4.69, 9.17) is 11.6 Å². The smallest absolute Gasteiger partial charge is 0.0405 e. The van der Waals surface area contributed by atoms with Crippen LogP contribution in [0.25, 0.3) is 0 Å². The third-order valence-corrected chi connectivity index (χ3v) is 11.1. The predicted molar refractivity (Wildman–Crippen MR) is 119 cm³/mol. The molecule has 0 nitrogen and oxygen atoms in total. The summed E-state index contributed by atoms with van der Waals surface area (Å²) in [4.78, 5) is 0. The third kappa shape index (κ3) is 6.53. The average molecular weight is 393 g/mol. The quantitative estimate of drug-likeness (QED) is 0.450. The Labute approximate surface area is 168 Å². The van der Waals surface area contributed by atoms with Crippen molar-refractivity contribution in [3.05, 3.63) is 35.4 Å². The van der Waals surface area contributed by atoms with Gasteiger partial charge in [-0.1, -0.05) is 95.5 Å². The summed E-state index contributed by atoms with van der Waals surface area (Å²) in [5.41, 5.74) is 3.57. The number of halogens is 1. The lowest BCUT2D eigenvalue weighted by Gasteiger charge is -2.44. The minimum atomic E-state index is 0.385. The SMILES string of the molecule is C1CCC(P(C2CCCCC2)C2CCCCC2)CC1.Clc1ccccc1. The average Bonchev–Trinajstić information content (AvgIpc) is 2.72. The Morgan fingerprint density at radius 2 is 0.885 bits per heavy atom. The molecule has 0 aromatic heterocycles. The van der Waals surface area contributed by atoms with Crippen molar-refractivity contribution in [2.24, 2.45) is 0 Å². The molecule has 3 aliphatic carbocycles. The van der Waals surface area contributed by atoms with E-state index in [2.05, 4.69) is 0 Å². The Balaban J connectivity index is 0.000000236. The van der Waals surface area contributed by atoms with Gasteiger partial charge in [0.1, 0.15) is 0 Å². The molecule has 0 heterocycles. The second-order valence-electron chi connectivity index (χ2n) is 8.62. The Hall–Kier alpha value is -0.0600. The molecule has 3 fully saturated rings. The topological polar surface area (TPSA) is 0 Å². The van der Waals surface area contributed by atoms with Crippen molar-refractivity contribution in [1.82, 2.24) is 0 Å². The van der Waals surface area contributed by atoms with Crippen LogP contribution in [0.15, 0.2) is 30.3 Å². The molecule has 0 N–H and O–H groups in total. The standard InChI is InChI=1S/C18H33P.C6H5Cl/c1-4-10-16(11-5-1)19(17-12-6-2-7-13-17)18-14-8-3-9-15-18;7-6-4-2-1-3-5-6/h16-18H,1-15H2;1-5H. The van der Waals surface area contributed by atoms with Crippen molar-refractivity contribution in [2.75, 3.05) is 0 Å². The molecule has 0 bridgehead atoms. The van der Waals surface area contributed by atoms with Crippen molar-refractivity contribution in [1.29, 1.82) is 0 Å². The minimum absolute atomic E-state index is 0.385.